The van der Waals surface area contributed by atoms with E-state index in [9.17, 15) is 0 Å². The van der Waals surface area contributed by atoms with Crippen molar-refractivity contribution in [3.05, 3.63) is 29.8 Å². The zero-order valence-corrected chi connectivity index (χ0v) is 10.5. The second-order valence-electron chi connectivity index (χ2n) is 4.02. The van der Waals surface area contributed by atoms with E-state index in [0.29, 0.717) is 0 Å². The largest absolute Gasteiger partial charge is 0.374 e. The van der Waals surface area contributed by atoms with Crippen LogP contribution >= 0.6 is 0 Å². The van der Waals surface area contributed by atoms with Gasteiger partial charge in [0.15, 0.2) is 0 Å². The summed E-state index contributed by atoms with van der Waals surface area (Å²) in [5.74, 6) is 0.723. The summed E-state index contributed by atoms with van der Waals surface area (Å²) in [7, 11) is 2.19. The maximum absolute atomic E-state index is 2.37. The molecule has 1 heteroatoms. The molecule has 1 aliphatic heterocycles. The lowest BCUT2D eigenvalue weighted by atomic mass is 9.96. The van der Waals surface area contributed by atoms with Gasteiger partial charge in [-0.15, -0.1) is 0 Å². The van der Waals surface area contributed by atoms with Gasteiger partial charge >= 0.3 is 0 Å². The summed E-state index contributed by atoms with van der Waals surface area (Å²) in [6.07, 6.45) is 2.63. The van der Waals surface area contributed by atoms with E-state index in [2.05, 4.69) is 43.1 Å². The first-order valence-electron chi connectivity index (χ1n) is 6.09. The molecule has 1 nitrogen and oxygen atoms in total. The highest BCUT2D eigenvalue weighted by atomic mass is 15.1. The first-order chi connectivity index (χ1) is 7.29. The second kappa shape index (κ2) is 5.79. The van der Waals surface area contributed by atoms with Gasteiger partial charge in [0.25, 0.3) is 0 Å². The molecule has 0 spiro atoms. The van der Waals surface area contributed by atoms with Gasteiger partial charge in [-0.3, -0.25) is 0 Å². The number of fused-ring (bicyclic) bond motifs is 1. The van der Waals surface area contributed by atoms with Crippen LogP contribution in [0.5, 0.6) is 0 Å². The second-order valence-corrected chi connectivity index (χ2v) is 4.02. The highest BCUT2D eigenvalue weighted by Crippen LogP contribution is 2.32. The van der Waals surface area contributed by atoms with Crippen LogP contribution in [-0.2, 0) is 0 Å². The summed E-state index contributed by atoms with van der Waals surface area (Å²) in [5, 5.41) is 0. The summed E-state index contributed by atoms with van der Waals surface area (Å²) < 4.78 is 0. The summed E-state index contributed by atoms with van der Waals surface area (Å²) in [4.78, 5) is 2.37. The topological polar surface area (TPSA) is 3.24 Å². The lowest BCUT2D eigenvalue weighted by Crippen LogP contribution is -2.17. The third-order valence-electron chi connectivity index (χ3n) is 3.01. The molecule has 15 heavy (non-hydrogen) atoms. The molecule has 0 N–H and O–H groups in total. The molecule has 0 bridgehead atoms. The van der Waals surface area contributed by atoms with Gasteiger partial charge in [0, 0.05) is 19.3 Å². The summed E-state index contributed by atoms with van der Waals surface area (Å²) in [6, 6.07) is 8.78. The molecule has 1 aliphatic rings. The highest BCUT2D eigenvalue weighted by Gasteiger charge is 2.16. The molecule has 1 unspecified atom stereocenters. The Labute approximate surface area is 94.1 Å². The highest BCUT2D eigenvalue weighted by molar-refractivity contribution is 5.55. The lowest BCUT2D eigenvalue weighted by Gasteiger charge is -2.19. The van der Waals surface area contributed by atoms with E-state index < -0.39 is 0 Å². The quantitative estimate of drug-likeness (QED) is 0.617. The minimum atomic E-state index is 0.723. The summed E-state index contributed by atoms with van der Waals surface area (Å²) >= 11 is 0. The Kier molecular flexibility index (Phi) is 4.67. The Morgan fingerprint density at radius 1 is 1.20 bits per heavy atom. The van der Waals surface area contributed by atoms with Crippen LogP contribution in [0.2, 0.25) is 0 Å². The molecule has 2 rings (SSSR count). The van der Waals surface area contributed by atoms with E-state index in [4.69, 9.17) is 0 Å². The number of hydrogen-bond acceptors (Lipinski definition) is 1. The van der Waals surface area contributed by atoms with Crippen LogP contribution in [0.25, 0.3) is 0 Å². The van der Waals surface area contributed by atoms with Crippen LogP contribution in [0.3, 0.4) is 0 Å². The van der Waals surface area contributed by atoms with Gasteiger partial charge in [0.1, 0.15) is 0 Å². The number of hydrogen-bond donors (Lipinski definition) is 0. The Hall–Kier alpha value is -0.980. The molecule has 0 radical (unpaired) electrons. The third-order valence-corrected chi connectivity index (χ3v) is 3.01. The number of benzene rings is 1. The van der Waals surface area contributed by atoms with E-state index in [1.165, 1.54) is 30.6 Å². The van der Waals surface area contributed by atoms with Crippen LogP contribution in [0.15, 0.2) is 24.3 Å². The smallest absolute Gasteiger partial charge is 0.0398 e. The standard InChI is InChI=1S/C12H17N.C2H6/c1-10-6-5-9-13(2)12-8-4-3-7-11(10)12;1-2/h3-4,7-8,10H,5-6,9H2,1-2H3;1-2H3. The molecule has 0 saturated carbocycles. The third kappa shape index (κ3) is 2.74. The normalized spacial score (nSPS) is 19.7. The fraction of sp³-hybridized carbons (Fsp3) is 0.571. The zero-order chi connectivity index (χ0) is 11.3. The van der Waals surface area contributed by atoms with Crippen molar-refractivity contribution in [1.82, 2.24) is 0 Å². The van der Waals surface area contributed by atoms with Crippen molar-refractivity contribution in [2.45, 2.75) is 39.5 Å². The first kappa shape index (κ1) is 12.1. The van der Waals surface area contributed by atoms with Crippen molar-refractivity contribution in [3.8, 4) is 0 Å². The number of para-hydroxylation sites is 1. The van der Waals surface area contributed by atoms with Crippen molar-refractivity contribution in [3.63, 3.8) is 0 Å². The molecule has 84 valence electrons. The van der Waals surface area contributed by atoms with E-state index in [1.54, 1.807) is 0 Å². The van der Waals surface area contributed by atoms with Crippen molar-refractivity contribution < 1.29 is 0 Å². The van der Waals surface area contributed by atoms with E-state index >= 15 is 0 Å². The van der Waals surface area contributed by atoms with Gasteiger partial charge in [0.2, 0.25) is 0 Å². The molecule has 0 fully saturated rings. The molecule has 0 saturated heterocycles. The van der Waals surface area contributed by atoms with Gasteiger partial charge in [-0.1, -0.05) is 39.0 Å². The molecule has 0 aliphatic carbocycles. The Morgan fingerprint density at radius 2 is 1.87 bits per heavy atom. The molecular weight excluding hydrogens is 182 g/mol. The van der Waals surface area contributed by atoms with Crippen molar-refractivity contribution in [2.24, 2.45) is 0 Å². The Balaban J connectivity index is 0.000000531. The van der Waals surface area contributed by atoms with Gasteiger partial charge < -0.3 is 4.90 Å². The van der Waals surface area contributed by atoms with Crippen LogP contribution in [0.4, 0.5) is 5.69 Å². The monoisotopic (exact) mass is 205 g/mol. The average molecular weight is 205 g/mol. The number of rotatable bonds is 0. The SMILES string of the molecule is CC.CC1CCCN(C)c2ccccc21. The lowest BCUT2D eigenvalue weighted by molar-refractivity contribution is 0.656. The van der Waals surface area contributed by atoms with Crippen LogP contribution < -0.4 is 4.90 Å². The molecule has 0 amide bonds. The molecule has 1 aromatic rings. The summed E-state index contributed by atoms with van der Waals surface area (Å²) in [6.45, 7) is 7.53. The molecular formula is C14H23N. The van der Waals surface area contributed by atoms with Crippen LogP contribution in [0.1, 0.15) is 45.1 Å². The van der Waals surface area contributed by atoms with Gasteiger partial charge in [0.05, 0.1) is 0 Å². The minimum Gasteiger partial charge on any atom is -0.374 e. The molecule has 1 atom stereocenters. The predicted molar refractivity (Wildman–Crippen MR) is 68.7 cm³/mol. The predicted octanol–water partition coefficient (Wildman–Crippen LogP) is 4.05. The molecule has 1 aromatic carbocycles. The maximum atomic E-state index is 2.37. The maximum Gasteiger partial charge on any atom is 0.0398 e. The van der Waals surface area contributed by atoms with Crippen LogP contribution in [-0.4, -0.2) is 13.6 Å². The zero-order valence-electron chi connectivity index (χ0n) is 10.5. The fourth-order valence-corrected chi connectivity index (χ4v) is 2.16. The van der Waals surface area contributed by atoms with E-state index in [-0.39, 0.29) is 0 Å². The van der Waals surface area contributed by atoms with Gasteiger partial charge in [-0.25, -0.2) is 0 Å². The fourth-order valence-electron chi connectivity index (χ4n) is 2.16. The van der Waals surface area contributed by atoms with Gasteiger partial charge in [-0.2, -0.15) is 0 Å². The van der Waals surface area contributed by atoms with E-state index in [1.807, 2.05) is 13.8 Å². The molecule has 0 aromatic heterocycles. The Morgan fingerprint density at radius 3 is 2.60 bits per heavy atom. The number of nitrogens with zero attached hydrogens (tertiary/aromatic N) is 1. The van der Waals surface area contributed by atoms with Crippen molar-refractivity contribution in [2.75, 3.05) is 18.5 Å². The average Bonchev–Trinajstić information content (AvgIpc) is 2.44. The summed E-state index contributed by atoms with van der Waals surface area (Å²) in [5.41, 5.74) is 2.94. The molecule has 1 heterocycles. The van der Waals surface area contributed by atoms with Crippen molar-refractivity contribution >= 4 is 5.69 Å². The van der Waals surface area contributed by atoms with E-state index in [0.717, 1.165) is 5.92 Å². The first-order valence-corrected chi connectivity index (χ1v) is 6.09. The minimum absolute atomic E-state index is 0.723. The van der Waals surface area contributed by atoms with Gasteiger partial charge in [-0.05, 0) is 30.4 Å². The van der Waals surface area contributed by atoms with Crippen LogP contribution in [0, 0.1) is 0 Å². The Bertz CT molecular complexity index is 264. The number of anilines is 1. The van der Waals surface area contributed by atoms with Crippen molar-refractivity contribution in [1.29, 1.82) is 0 Å².